The Morgan fingerprint density at radius 3 is 2.65 bits per heavy atom. The summed E-state index contributed by atoms with van der Waals surface area (Å²) in [5, 5.41) is 9.29. The summed E-state index contributed by atoms with van der Waals surface area (Å²) in [5.41, 5.74) is 4.33. The molecule has 0 unspecified atom stereocenters. The van der Waals surface area contributed by atoms with Gasteiger partial charge in [0.05, 0.1) is 22.9 Å². The molecule has 1 amide bonds. The van der Waals surface area contributed by atoms with Crippen molar-refractivity contribution in [2.45, 2.75) is 13.8 Å². The van der Waals surface area contributed by atoms with Crippen molar-refractivity contribution in [1.29, 1.82) is 0 Å². The van der Waals surface area contributed by atoms with E-state index in [2.05, 4.69) is 10.4 Å². The average molecular weight is 432 g/mol. The lowest BCUT2D eigenvalue weighted by atomic mass is 10.1. The Bertz CT molecular complexity index is 1230. The molecule has 2 aromatic carbocycles. The number of ether oxygens (including phenoxy) is 1. The molecule has 0 aliphatic carbocycles. The highest BCUT2D eigenvalue weighted by atomic mass is 32.1. The number of rotatable bonds is 6. The van der Waals surface area contributed by atoms with Crippen molar-refractivity contribution in [3.8, 4) is 16.9 Å². The first kappa shape index (κ1) is 20.6. The number of esters is 1. The molecule has 0 fully saturated rings. The van der Waals surface area contributed by atoms with Crippen LogP contribution in [0.5, 0.6) is 0 Å². The maximum Gasteiger partial charge on any atom is 0.358 e. The first-order valence-electron chi connectivity index (χ1n) is 9.84. The lowest BCUT2D eigenvalue weighted by molar-refractivity contribution is 0.0519. The minimum Gasteiger partial charge on any atom is -0.461 e. The van der Waals surface area contributed by atoms with Crippen LogP contribution in [0.15, 0.2) is 72.1 Å². The Labute approximate surface area is 184 Å². The summed E-state index contributed by atoms with van der Waals surface area (Å²) in [4.78, 5) is 25.4. The number of hydrogen-bond donors (Lipinski definition) is 1. The lowest BCUT2D eigenvalue weighted by Gasteiger charge is -2.10. The molecule has 1 N–H and O–H groups in total. The molecular formula is C24H21N3O3S. The molecule has 0 saturated carbocycles. The number of thiophene rings is 1. The molecule has 7 heteroatoms. The zero-order valence-corrected chi connectivity index (χ0v) is 18.0. The maximum atomic E-state index is 12.4. The van der Waals surface area contributed by atoms with Crippen LogP contribution in [0.1, 0.15) is 32.6 Å². The van der Waals surface area contributed by atoms with Crippen molar-refractivity contribution in [3.63, 3.8) is 0 Å². The number of carbonyl (C=O) groups excluding carboxylic acids is 2. The standard InChI is InChI=1S/C24H21N3O3S/c1-3-30-24(29)20-15-21(27(26-20)19-10-4-7-16(2)13-19)17-8-5-9-18(14-17)25-23(28)22-11-6-12-31-22/h4-15H,3H2,1-2H3,(H,25,28). The maximum absolute atomic E-state index is 12.4. The highest BCUT2D eigenvalue weighted by Crippen LogP contribution is 2.27. The van der Waals surface area contributed by atoms with Crippen LogP contribution >= 0.6 is 11.3 Å². The van der Waals surface area contributed by atoms with Crippen molar-refractivity contribution in [2.24, 2.45) is 0 Å². The number of carbonyl (C=O) groups is 2. The summed E-state index contributed by atoms with van der Waals surface area (Å²) in [5.74, 6) is -0.635. The van der Waals surface area contributed by atoms with Crippen molar-refractivity contribution in [2.75, 3.05) is 11.9 Å². The largest absolute Gasteiger partial charge is 0.461 e. The van der Waals surface area contributed by atoms with Crippen molar-refractivity contribution >= 4 is 28.9 Å². The number of aromatic nitrogens is 2. The highest BCUT2D eigenvalue weighted by molar-refractivity contribution is 7.12. The molecule has 0 aliphatic heterocycles. The number of benzene rings is 2. The topological polar surface area (TPSA) is 73.2 Å². The van der Waals surface area contributed by atoms with Crippen LogP contribution in [-0.2, 0) is 4.74 Å². The predicted octanol–water partition coefficient (Wildman–Crippen LogP) is 5.34. The molecule has 6 nitrogen and oxygen atoms in total. The normalized spacial score (nSPS) is 10.6. The molecule has 0 radical (unpaired) electrons. The minimum atomic E-state index is -0.475. The van der Waals surface area contributed by atoms with Gasteiger partial charge in [0, 0.05) is 11.3 Å². The van der Waals surface area contributed by atoms with Crippen molar-refractivity contribution < 1.29 is 14.3 Å². The van der Waals surface area contributed by atoms with E-state index in [9.17, 15) is 9.59 Å². The van der Waals surface area contributed by atoms with Crippen molar-refractivity contribution in [3.05, 3.63) is 88.2 Å². The van der Waals surface area contributed by atoms with Crippen LogP contribution in [0.4, 0.5) is 5.69 Å². The fourth-order valence-corrected chi connectivity index (χ4v) is 3.82. The van der Waals surface area contributed by atoms with Gasteiger partial charge < -0.3 is 10.1 Å². The van der Waals surface area contributed by atoms with Gasteiger partial charge >= 0.3 is 5.97 Å². The van der Waals surface area contributed by atoms with E-state index in [4.69, 9.17) is 4.74 Å². The van der Waals surface area contributed by atoms with Gasteiger partial charge in [0.15, 0.2) is 5.69 Å². The lowest BCUT2D eigenvalue weighted by Crippen LogP contribution is -2.10. The molecule has 2 aromatic heterocycles. The summed E-state index contributed by atoms with van der Waals surface area (Å²) >= 11 is 1.39. The third-order valence-electron chi connectivity index (χ3n) is 4.60. The van der Waals surface area contributed by atoms with E-state index >= 15 is 0 Å². The van der Waals surface area contributed by atoms with Gasteiger partial charge in [-0.1, -0.05) is 30.3 Å². The summed E-state index contributed by atoms with van der Waals surface area (Å²) in [6, 6.07) is 20.7. The van der Waals surface area contributed by atoms with E-state index in [-0.39, 0.29) is 18.2 Å². The number of amides is 1. The van der Waals surface area contributed by atoms with Gasteiger partial charge in [-0.15, -0.1) is 11.3 Å². The smallest absolute Gasteiger partial charge is 0.358 e. The quantitative estimate of drug-likeness (QED) is 0.418. The molecule has 4 aromatic rings. The number of aryl methyl sites for hydroxylation is 1. The SMILES string of the molecule is CCOC(=O)c1cc(-c2cccc(NC(=O)c3cccs3)c2)n(-c2cccc(C)c2)n1. The monoisotopic (exact) mass is 431 g/mol. The number of nitrogens with zero attached hydrogens (tertiary/aromatic N) is 2. The van der Waals surface area contributed by atoms with Gasteiger partial charge in [-0.05, 0) is 61.2 Å². The molecule has 0 spiro atoms. The van der Waals surface area contributed by atoms with Gasteiger partial charge in [0.1, 0.15) is 0 Å². The minimum absolute atomic E-state index is 0.161. The Balaban J connectivity index is 1.74. The fourth-order valence-electron chi connectivity index (χ4n) is 3.20. The zero-order valence-electron chi connectivity index (χ0n) is 17.2. The van der Waals surface area contributed by atoms with E-state index < -0.39 is 5.97 Å². The van der Waals surface area contributed by atoms with Crippen LogP contribution in [0.3, 0.4) is 0 Å². The van der Waals surface area contributed by atoms with Crippen molar-refractivity contribution in [1.82, 2.24) is 9.78 Å². The molecule has 0 saturated heterocycles. The van der Waals surface area contributed by atoms with Gasteiger partial charge in [-0.3, -0.25) is 4.79 Å². The fraction of sp³-hybridized carbons (Fsp3) is 0.125. The van der Waals surface area contributed by atoms with E-state index in [1.165, 1.54) is 11.3 Å². The Kier molecular flexibility index (Phi) is 5.95. The number of anilines is 1. The third kappa shape index (κ3) is 4.57. The summed E-state index contributed by atoms with van der Waals surface area (Å²) in [6.07, 6.45) is 0. The van der Waals surface area contributed by atoms with E-state index in [1.807, 2.05) is 66.9 Å². The summed E-state index contributed by atoms with van der Waals surface area (Å²) < 4.78 is 6.86. The average Bonchev–Trinajstić information content (AvgIpc) is 3.45. The van der Waals surface area contributed by atoms with E-state index in [1.54, 1.807) is 23.7 Å². The molecular weight excluding hydrogens is 410 g/mol. The van der Waals surface area contributed by atoms with Gasteiger partial charge in [-0.2, -0.15) is 5.10 Å². The molecule has 31 heavy (non-hydrogen) atoms. The molecule has 156 valence electrons. The summed E-state index contributed by atoms with van der Waals surface area (Å²) in [7, 11) is 0. The van der Waals surface area contributed by atoms with Gasteiger partial charge in [0.2, 0.25) is 0 Å². The van der Waals surface area contributed by atoms with Gasteiger partial charge in [0.25, 0.3) is 5.91 Å². The molecule has 0 bridgehead atoms. The van der Waals surface area contributed by atoms with Crippen LogP contribution in [-0.4, -0.2) is 28.3 Å². The van der Waals surface area contributed by atoms with Crippen LogP contribution in [0.25, 0.3) is 16.9 Å². The highest BCUT2D eigenvalue weighted by Gasteiger charge is 2.18. The molecule has 4 rings (SSSR count). The van der Waals surface area contributed by atoms with E-state index in [0.29, 0.717) is 10.6 Å². The van der Waals surface area contributed by atoms with E-state index in [0.717, 1.165) is 22.5 Å². The third-order valence-corrected chi connectivity index (χ3v) is 5.47. The second-order valence-electron chi connectivity index (χ2n) is 6.90. The van der Waals surface area contributed by atoms with Crippen LogP contribution < -0.4 is 5.32 Å². The molecule has 0 aliphatic rings. The van der Waals surface area contributed by atoms with Crippen LogP contribution in [0, 0.1) is 6.92 Å². The Morgan fingerprint density at radius 2 is 1.90 bits per heavy atom. The molecule has 0 atom stereocenters. The molecule has 2 heterocycles. The predicted molar refractivity (Wildman–Crippen MR) is 122 cm³/mol. The zero-order chi connectivity index (χ0) is 21.8. The number of hydrogen-bond acceptors (Lipinski definition) is 5. The first-order chi connectivity index (χ1) is 15.0. The second kappa shape index (κ2) is 8.97. The van der Waals surface area contributed by atoms with Gasteiger partial charge in [-0.25, -0.2) is 9.48 Å². The summed E-state index contributed by atoms with van der Waals surface area (Å²) in [6.45, 7) is 4.03. The Morgan fingerprint density at radius 1 is 1.06 bits per heavy atom. The number of nitrogens with one attached hydrogen (secondary N) is 1. The first-order valence-corrected chi connectivity index (χ1v) is 10.7. The Hall–Kier alpha value is -3.71. The van der Waals surface area contributed by atoms with Crippen LogP contribution in [0.2, 0.25) is 0 Å². The second-order valence-corrected chi connectivity index (χ2v) is 7.85.